The van der Waals surface area contributed by atoms with Crippen molar-refractivity contribution in [3.05, 3.63) is 12.7 Å². The summed E-state index contributed by atoms with van der Waals surface area (Å²) in [4.78, 5) is 0. The molecule has 0 amide bonds. The fraction of sp³-hybridized carbons (Fsp3) is 0.895. The highest BCUT2D eigenvalue weighted by Gasteiger charge is 2.55. The zero-order valence-corrected chi connectivity index (χ0v) is 19.3. The zero-order valence-electron chi connectivity index (χ0n) is 17.3. The molecule has 136 valence electrons. The van der Waals surface area contributed by atoms with Crippen LogP contribution in [0, 0.1) is 11.3 Å². The molecule has 0 aromatic rings. The fourth-order valence-corrected chi connectivity index (χ4v) is 4.33. The average molecular weight is 357 g/mol. The Morgan fingerprint density at radius 2 is 1.26 bits per heavy atom. The third kappa shape index (κ3) is 4.80. The van der Waals surface area contributed by atoms with Gasteiger partial charge in [0.1, 0.15) is 0 Å². The summed E-state index contributed by atoms with van der Waals surface area (Å²) < 4.78 is 13.1. The minimum atomic E-state index is -1.71. The maximum Gasteiger partial charge on any atom is 0.192 e. The first kappa shape index (κ1) is 21.1. The summed E-state index contributed by atoms with van der Waals surface area (Å²) in [6.45, 7) is 28.8. The first-order chi connectivity index (χ1) is 10.1. The van der Waals surface area contributed by atoms with Crippen LogP contribution in [0.1, 0.15) is 48.0 Å². The van der Waals surface area contributed by atoms with Gasteiger partial charge in [0.05, 0.1) is 0 Å². The van der Waals surface area contributed by atoms with Crippen LogP contribution >= 0.6 is 0 Å². The number of hydrogen-bond donors (Lipinski definition) is 0. The van der Waals surface area contributed by atoms with Crippen LogP contribution in [0.15, 0.2) is 12.7 Å². The summed E-state index contributed by atoms with van der Waals surface area (Å²) in [6.07, 6.45) is 3.27. The molecular weight excluding hydrogens is 316 g/mol. The van der Waals surface area contributed by atoms with Crippen molar-refractivity contribution < 1.29 is 8.85 Å². The molecule has 1 rings (SSSR count). The molecule has 0 saturated heterocycles. The highest BCUT2D eigenvalue weighted by atomic mass is 28.4. The van der Waals surface area contributed by atoms with Gasteiger partial charge in [-0.3, -0.25) is 0 Å². The van der Waals surface area contributed by atoms with Gasteiger partial charge in [-0.05, 0) is 48.6 Å². The number of hydrogen-bond acceptors (Lipinski definition) is 2. The van der Waals surface area contributed by atoms with E-state index in [4.69, 9.17) is 8.85 Å². The van der Waals surface area contributed by atoms with E-state index in [9.17, 15) is 0 Å². The van der Waals surface area contributed by atoms with Crippen molar-refractivity contribution in [1.29, 1.82) is 0 Å². The van der Waals surface area contributed by atoms with E-state index in [1.165, 1.54) is 6.42 Å². The second kappa shape index (κ2) is 6.43. The number of rotatable bonds is 7. The van der Waals surface area contributed by atoms with Crippen molar-refractivity contribution >= 4 is 16.6 Å². The Morgan fingerprint density at radius 3 is 1.48 bits per heavy atom. The quantitative estimate of drug-likeness (QED) is 0.398. The largest absolute Gasteiger partial charge is 0.416 e. The third-order valence-electron chi connectivity index (χ3n) is 6.59. The van der Waals surface area contributed by atoms with E-state index >= 15 is 0 Å². The van der Waals surface area contributed by atoms with Crippen molar-refractivity contribution in [3.63, 3.8) is 0 Å². The Morgan fingerprint density at radius 1 is 0.913 bits per heavy atom. The molecule has 0 spiro atoms. The highest BCUT2D eigenvalue weighted by Crippen LogP contribution is 2.55. The molecule has 0 heterocycles. The second-order valence-corrected chi connectivity index (χ2v) is 20.1. The molecule has 0 aliphatic heterocycles. The van der Waals surface area contributed by atoms with Gasteiger partial charge in [0.15, 0.2) is 16.6 Å². The lowest BCUT2D eigenvalue weighted by Gasteiger charge is -2.40. The molecule has 0 aromatic heterocycles. The minimum Gasteiger partial charge on any atom is -0.416 e. The summed E-state index contributed by atoms with van der Waals surface area (Å²) in [5.74, 6) is 0.553. The Hall–Kier alpha value is 0.0938. The SMILES string of the molecule is C=C[C@@H]1CC1(CO[Si](C)(C)C(C)(C)C)CO[Si](C)(C)C(C)(C)C. The molecule has 4 heteroatoms. The summed E-state index contributed by atoms with van der Waals surface area (Å²) in [7, 11) is -3.41. The highest BCUT2D eigenvalue weighted by molar-refractivity contribution is 6.74. The van der Waals surface area contributed by atoms with E-state index < -0.39 is 16.6 Å². The van der Waals surface area contributed by atoms with Gasteiger partial charge in [0.25, 0.3) is 0 Å². The van der Waals surface area contributed by atoms with Crippen LogP contribution in [-0.2, 0) is 8.85 Å². The van der Waals surface area contributed by atoms with Crippen molar-refractivity contribution in [2.24, 2.45) is 11.3 Å². The second-order valence-electron chi connectivity index (χ2n) is 10.5. The molecule has 2 nitrogen and oxygen atoms in total. The van der Waals surface area contributed by atoms with Crippen LogP contribution in [0.2, 0.25) is 36.3 Å². The Labute approximate surface area is 147 Å². The normalized spacial score (nSPS) is 22.1. The molecule has 1 aliphatic rings. The van der Waals surface area contributed by atoms with Crippen LogP contribution in [0.4, 0.5) is 0 Å². The molecule has 0 bridgehead atoms. The first-order valence-corrected chi connectivity index (χ1v) is 14.8. The van der Waals surface area contributed by atoms with Gasteiger partial charge in [-0.15, -0.1) is 6.58 Å². The molecule has 0 N–H and O–H groups in total. The van der Waals surface area contributed by atoms with Crippen molar-refractivity contribution in [1.82, 2.24) is 0 Å². The van der Waals surface area contributed by atoms with Gasteiger partial charge in [-0.2, -0.15) is 0 Å². The van der Waals surface area contributed by atoms with E-state index in [0.29, 0.717) is 5.92 Å². The Kier molecular flexibility index (Phi) is 5.91. The van der Waals surface area contributed by atoms with Crippen LogP contribution in [0.25, 0.3) is 0 Å². The monoisotopic (exact) mass is 356 g/mol. The van der Waals surface area contributed by atoms with Crippen LogP contribution in [-0.4, -0.2) is 29.8 Å². The maximum absolute atomic E-state index is 6.53. The van der Waals surface area contributed by atoms with Crippen LogP contribution in [0.5, 0.6) is 0 Å². The summed E-state index contributed by atoms with van der Waals surface area (Å²) in [5, 5.41) is 0.514. The van der Waals surface area contributed by atoms with Crippen LogP contribution in [0.3, 0.4) is 0 Å². The number of allylic oxidation sites excluding steroid dienone is 1. The topological polar surface area (TPSA) is 18.5 Å². The lowest BCUT2D eigenvalue weighted by molar-refractivity contribution is 0.135. The molecule has 1 aliphatic carbocycles. The van der Waals surface area contributed by atoms with E-state index in [-0.39, 0.29) is 15.5 Å². The summed E-state index contributed by atoms with van der Waals surface area (Å²) in [5.41, 5.74) is 0.173. The van der Waals surface area contributed by atoms with E-state index in [1.807, 2.05) is 0 Å². The van der Waals surface area contributed by atoms with E-state index in [2.05, 4.69) is 80.4 Å². The zero-order chi connectivity index (χ0) is 18.3. The van der Waals surface area contributed by atoms with Gasteiger partial charge < -0.3 is 8.85 Å². The smallest absolute Gasteiger partial charge is 0.192 e. The summed E-state index contributed by atoms with van der Waals surface area (Å²) in [6, 6.07) is 0. The molecule has 1 saturated carbocycles. The van der Waals surface area contributed by atoms with Gasteiger partial charge in [-0.25, -0.2) is 0 Å². The van der Waals surface area contributed by atoms with Gasteiger partial charge in [0, 0.05) is 18.6 Å². The van der Waals surface area contributed by atoms with Gasteiger partial charge >= 0.3 is 0 Å². The molecule has 0 unspecified atom stereocenters. The maximum atomic E-state index is 6.53. The Balaban J connectivity index is 2.74. The minimum absolute atomic E-state index is 0.173. The Bertz CT molecular complexity index is 398. The predicted octanol–water partition coefficient (Wildman–Crippen LogP) is 6.22. The molecule has 1 atom stereocenters. The van der Waals surface area contributed by atoms with Crippen molar-refractivity contribution in [2.45, 2.75) is 84.2 Å². The fourth-order valence-electron chi connectivity index (χ4n) is 2.17. The lowest BCUT2D eigenvalue weighted by atomic mass is 10.1. The van der Waals surface area contributed by atoms with Crippen molar-refractivity contribution in [2.75, 3.05) is 13.2 Å². The van der Waals surface area contributed by atoms with E-state index in [0.717, 1.165) is 13.2 Å². The van der Waals surface area contributed by atoms with E-state index in [1.54, 1.807) is 0 Å². The standard InChI is InChI=1S/C19H40O2Si2/c1-12-16-13-19(16,14-20-22(8,9)17(2,3)4)15-21-23(10,11)18(5,6)7/h12,16H,1,13-15H2,2-11H3/t16-/m1/s1. The third-order valence-corrected chi connectivity index (χ3v) is 15.5. The molecular formula is C19H40O2Si2. The average Bonchev–Trinajstić information content (AvgIpc) is 3.06. The van der Waals surface area contributed by atoms with Gasteiger partial charge in [0.2, 0.25) is 0 Å². The molecule has 0 aromatic carbocycles. The lowest BCUT2D eigenvalue weighted by Crippen LogP contribution is -2.45. The van der Waals surface area contributed by atoms with Crippen LogP contribution < -0.4 is 0 Å². The van der Waals surface area contributed by atoms with Crippen molar-refractivity contribution in [3.8, 4) is 0 Å². The first-order valence-electron chi connectivity index (χ1n) is 8.98. The molecule has 0 radical (unpaired) electrons. The predicted molar refractivity (Wildman–Crippen MR) is 107 cm³/mol. The summed E-state index contributed by atoms with van der Waals surface area (Å²) >= 11 is 0. The van der Waals surface area contributed by atoms with Gasteiger partial charge in [-0.1, -0.05) is 47.6 Å². The molecule has 1 fully saturated rings. The molecule has 23 heavy (non-hydrogen) atoms.